The van der Waals surface area contributed by atoms with Gasteiger partial charge in [-0.15, -0.1) is 0 Å². The lowest BCUT2D eigenvalue weighted by Gasteiger charge is -2.53. The smallest absolute Gasteiger partial charge is 0.255 e. The molecule has 7 N–H and O–H groups in total. The first-order chi connectivity index (χ1) is 19.2. The molecule has 41 heavy (non-hydrogen) atoms. The molecule has 3 aliphatic carbocycles. The number of amides is 1. The van der Waals surface area contributed by atoms with E-state index >= 15 is 0 Å². The van der Waals surface area contributed by atoms with Gasteiger partial charge < -0.3 is 36.2 Å². The molecule has 0 aromatic heterocycles. The van der Waals surface area contributed by atoms with Crippen molar-refractivity contribution in [2.24, 2.45) is 23.5 Å². The highest BCUT2D eigenvalue weighted by molar-refractivity contribution is 6.25. The van der Waals surface area contributed by atoms with Crippen LogP contribution in [0.15, 0.2) is 34.8 Å². The Morgan fingerprint density at radius 3 is 2.37 bits per heavy atom. The molecule has 1 fully saturated rings. The summed E-state index contributed by atoms with van der Waals surface area (Å²) in [4.78, 5) is 43.3. The molecule has 4 aliphatic rings. The molecule has 1 aliphatic heterocycles. The minimum atomic E-state index is -2.91. The Hall–Kier alpha value is -3.25. The molecule has 1 saturated heterocycles. The van der Waals surface area contributed by atoms with Gasteiger partial charge in [-0.25, -0.2) is 0 Å². The molecule has 5 rings (SSSR count). The van der Waals surface area contributed by atoms with E-state index in [1.807, 2.05) is 0 Å². The number of likely N-dealkylation sites (N-methyl/N-ethyl adjacent to an activating group) is 1. The molecule has 0 bridgehead atoms. The number of primary amides is 1. The summed E-state index contributed by atoms with van der Waals surface area (Å²) >= 11 is 0. The van der Waals surface area contributed by atoms with Gasteiger partial charge in [0.15, 0.2) is 11.4 Å². The van der Waals surface area contributed by atoms with Gasteiger partial charge in [-0.05, 0) is 82.9 Å². The molecule has 6 unspecified atom stereocenters. The Bertz CT molecular complexity index is 1380. The van der Waals surface area contributed by atoms with Crippen LogP contribution in [0.25, 0.3) is 0 Å². The van der Waals surface area contributed by atoms with Crippen LogP contribution in [-0.2, 0) is 16.0 Å². The Kier molecular flexibility index (Phi) is 7.30. The number of nitrogens with two attached hydrogens (primary N) is 1. The zero-order valence-corrected chi connectivity index (χ0v) is 23.8. The molecule has 1 heterocycles. The molecular formula is C30H39N3O8. The normalized spacial score (nSPS) is 32.7. The van der Waals surface area contributed by atoms with E-state index in [1.165, 1.54) is 19.0 Å². The first-order valence-corrected chi connectivity index (χ1v) is 14.1. The summed E-state index contributed by atoms with van der Waals surface area (Å²) in [6.45, 7) is 3.75. The highest BCUT2D eigenvalue weighted by Gasteiger charge is 2.67. The van der Waals surface area contributed by atoms with Crippen LogP contribution in [0.1, 0.15) is 53.6 Å². The molecule has 222 valence electrons. The summed E-state index contributed by atoms with van der Waals surface area (Å²) in [6.07, 6.45) is 1.90. The summed E-state index contributed by atoms with van der Waals surface area (Å²) in [5, 5.41) is 57.2. The molecule has 0 radical (unpaired) electrons. The number of Topliss-reactive ketones (excluding diaryl/α,β-unsaturated/α-hetero) is 2. The van der Waals surface area contributed by atoms with Crippen LogP contribution < -0.4 is 5.73 Å². The zero-order valence-electron chi connectivity index (χ0n) is 23.8. The SMILES string of the molecule is CC1c2ccc(CCC3CCN(C)CC3)c(O)c2C(=O)C2=C(O)C3(O)C(=O)C(C(N)=O)=C(O)C(N(C)C)C3C(O)C21. The summed E-state index contributed by atoms with van der Waals surface area (Å²) in [6, 6.07) is 2.26. The standard InChI is InChI=1S/C30H39N3O8/c1-13-16-8-7-15(6-5-14-9-11-33(4)12-10-14)23(34)18(16)24(35)19-17(13)25(36)21-22(32(2)3)26(37)20(29(31)40)28(39)30(21,41)27(19)38/h7-8,13-14,17,21-22,25,34,36-38,41H,5-6,9-12H2,1-4H3,(H2,31,40). The number of carbonyl (C=O) groups is 3. The average molecular weight is 570 g/mol. The number of piperidine rings is 1. The second-order valence-corrected chi connectivity index (χ2v) is 12.4. The Morgan fingerprint density at radius 2 is 1.78 bits per heavy atom. The molecule has 1 aromatic carbocycles. The summed E-state index contributed by atoms with van der Waals surface area (Å²) in [5.41, 5.74) is 2.18. The highest BCUT2D eigenvalue weighted by Crippen LogP contribution is 2.55. The molecule has 1 amide bonds. The lowest BCUT2D eigenvalue weighted by molar-refractivity contribution is -0.162. The summed E-state index contributed by atoms with van der Waals surface area (Å²) in [7, 11) is 5.11. The van der Waals surface area contributed by atoms with E-state index in [4.69, 9.17) is 5.73 Å². The second-order valence-electron chi connectivity index (χ2n) is 12.4. The van der Waals surface area contributed by atoms with Crippen LogP contribution in [-0.4, -0.2) is 105 Å². The maximum Gasteiger partial charge on any atom is 0.255 e. The van der Waals surface area contributed by atoms with Crippen LogP contribution in [0.2, 0.25) is 0 Å². The fraction of sp³-hybridized carbons (Fsp3) is 0.567. The molecule has 11 heteroatoms. The second kappa shape index (κ2) is 10.2. The third kappa shape index (κ3) is 4.20. The third-order valence-electron chi connectivity index (χ3n) is 9.87. The van der Waals surface area contributed by atoms with Crippen LogP contribution in [0, 0.1) is 17.8 Å². The largest absolute Gasteiger partial charge is 0.510 e. The fourth-order valence-electron chi connectivity index (χ4n) is 7.58. The predicted octanol–water partition coefficient (Wildman–Crippen LogP) is 0.927. The first kappa shape index (κ1) is 29.2. The molecule has 0 saturated carbocycles. The van der Waals surface area contributed by atoms with Gasteiger partial charge in [0, 0.05) is 11.5 Å². The van der Waals surface area contributed by atoms with Gasteiger partial charge >= 0.3 is 0 Å². The molecule has 6 atom stereocenters. The van der Waals surface area contributed by atoms with Crippen LogP contribution in [0.3, 0.4) is 0 Å². The number of rotatable bonds is 5. The van der Waals surface area contributed by atoms with Crippen molar-refractivity contribution in [2.75, 3.05) is 34.2 Å². The van der Waals surface area contributed by atoms with E-state index in [9.17, 15) is 39.9 Å². The summed E-state index contributed by atoms with van der Waals surface area (Å²) < 4.78 is 0. The number of ketones is 2. The van der Waals surface area contributed by atoms with Crippen molar-refractivity contribution in [3.63, 3.8) is 0 Å². The number of phenols is 1. The lowest BCUT2D eigenvalue weighted by Crippen LogP contribution is -2.68. The highest BCUT2D eigenvalue weighted by atomic mass is 16.4. The maximum atomic E-state index is 14.0. The number of aromatic hydroxyl groups is 1. The van der Waals surface area contributed by atoms with Gasteiger partial charge in [-0.2, -0.15) is 0 Å². The maximum absolute atomic E-state index is 14.0. The van der Waals surface area contributed by atoms with Gasteiger partial charge in [-0.3, -0.25) is 19.3 Å². The number of benzene rings is 1. The number of fused-ring (bicyclic) bond motifs is 3. The van der Waals surface area contributed by atoms with E-state index < -0.39 is 75.6 Å². The van der Waals surface area contributed by atoms with Crippen LogP contribution >= 0.6 is 0 Å². The molecule has 11 nitrogen and oxygen atoms in total. The van der Waals surface area contributed by atoms with E-state index in [-0.39, 0.29) is 11.3 Å². The first-order valence-electron chi connectivity index (χ1n) is 14.1. The zero-order chi connectivity index (χ0) is 30.1. The van der Waals surface area contributed by atoms with Gasteiger partial charge in [0.05, 0.1) is 23.6 Å². The van der Waals surface area contributed by atoms with Crippen LogP contribution in [0.4, 0.5) is 0 Å². The molecule has 1 aromatic rings. The van der Waals surface area contributed by atoms with Crippen molar-refractivity contribution in [3.8, 4) is 5.75 Å². The molecular weight excluding hydrogens is 530 g/mol. The number of hydrogen-bond donors (Lipinski definition) is 6. The van der Waals surface area contributed by atoms with E-state index in [2.05, 4.69) is 11.9 Å². The number of nitrogens with zero attached hydrogens (tertiary/aromatic N) is 2. The van der Waals surface area contributed by atoms with Gasteiger partial charge in [0.2, 0.25) is 5.78 Å². The Balaban J connectivity index is 1.60. The number of likely N-dealkylation sites (tertiary alicyclic amines) is 1. The number of hydrogen-bond acceptors (Lipinski definition) is 10. The van der Waals surface area contributed by atoms with Gasteiger partial charge in [0.25, 0.3) is 5.91 Å². The van der Waals surface area contributed by atoms with Crippen molar-refractivity contribution in [1.82, 2.24) is 9.80 Å². The lowest BCUT2D eigenvalue weighted by atomic mass is 9.55. The van der Waals surface area contributed by atoms with Crippen LogP contribution in [0.5, 0.6) is 5.75 Å². The van der Waals surface area contributed by atoms with Crippen molar-refractivity contribution in [2.45, 2.75) is 56.3 Å². The van der Waals surface area contributed by atoms with Gasteiger partial charge in [-0.1, -0.05) is 19.1 Å². The minimum Gasteiger partial charge on any atom is -0.510 e. The number of carbonyl (C=O) groups excluding carboxylic acids is 3. The monoisotopic (exact) mass is 569 g/mol. The quantitative estimate of drug-likeness (QED) is 0.279. The third-order valence-corrected chi connectivity index (χ3v) is 9.87. The van der Waals surface area contributed by atoms with Gasteiger partial charge in [0.1, 0.15) is 22.8 Å². The topological polar surface area (TPSA) is 185 Å². The summed E-state index contributed by atoms with van der Waals surface area (Å²) in [5.74, 6) is -8.17. The minimum absolute atomic E-state index is 0.0358. The Morgan fingerprint density at radius 1 is 1.15 bits per heavy atom. The molecule has 0 spiro atoms. The van der Waals surface area contributed by atoms with Crippen molar-refractivity contribution in [1.29, 1.82) is 0 Å². The number of aryl methyl sites for hydroxylation is 1. The van der Waals surface area contributed by atoms with Crippen molar-refractivity contribution >= 4 is 17.5 Å². The van der Waals surface area contributed by atoms with E-state index in [0.717, 1.165) is 32.4 Å². The van der Waals surface area contributed by atoms with E-state index in [1.54, 1.807) is 19.1 Å². The predicted molar refractivity (Wildman–Crippen MR) is 148 cm³/mol. The Labute approximate surface area is 238 Å². The number of aliphatic hydroxyl groups is 4. The van der Waals surface area contributed by atoms with E-state index in [0.29, 0.717) is 23.5 Å². The number of aliphatic hydroxyl groups excluding tert-OH is 3. The average Bonchev–Trinajstić information content (AvgIpc) is 2.90. The fourth-order valence-corrected chi connectivity index (χ4v) is 7.58. The van der Waals surface area contributed by atoms with Crippen molar-refractivity contribution in [3.05, 3.63) is 51.5 Å². The van der Waals surface area contributed by atoms with Crippen molar-refractivity contribution < 1.29 is 39.9 Å². The number of phenolic OH excluding ortho intramolecular Hbond substituents is 1.